The van der Waals surface area contributed by atoms with Crippen molar-refractivity contribution in [3.05, 3.63) is 166 Å². The topological polar surface area (TPSA) is 162 Å². The molecule has 3 aliphatic carbocycles. The number of aliphatic hydroxyl groups is 2. The fraction of sp³-hybridized carbons (Fsp3) is 0.488. The van der Waals surface area contributed by atoms with Gasteiger partial charge in [0.05, 0.1) is 27.9 Å². The van der Waals surface area contributed by atoms with Crippen LogP contribution in [0.3, 0.4) is 0 Å². The van der Waals surface area contributed by atoms with E-state index in [0.717, 1.165) is 241 Å². The summed E-state index contributed by atoms with van der Waals surface area (Å²) in [7, 11) is 10.1. The van der Waals surface area contributed by atoms with Gasteiger partial charge in [0.2, 0.25) is 0 Å². The van der Waals surface area contributed by atoms with E-state index in [2.05, 4.69) is 96.9 Å². The molecule has 0 radical (unpaired) electrons. The molecule has 3 saturated carbocycles. The third-order valence-corrected chi connectivity index (χ3v) is 20.9. The Bertz CT molecular complexity index is 4070. The summed E-state index contributed by atoms with van der Waals surface area (Å²) < 4.78 is 62.4. The Morgan fingerprint density at radius 1 is 0.431 bits per heavy atom. The molecule has 15 rings (SSSR count). The molecule has 3 aliphatic heterocycles. The molecule has 3 saturated heterocycles. The first-order valence-electron chi connectivity index (χ1n) is 36.5. The smallest absolute Gasteiger partial charge is 0.151 e. The zero-order chi connectivity index (χ0) is 70.0. The number of rotatable bonds is 21. The molecule has 16 nitrogen and oxygen atoms in total. The Morgan fingerprint density at radius 3 is 1.07 bits per heavy atom. The van der Waals surface area contributed by atoms with Gasteiger partial charge in [-0.15, -0.1) is 12.4 Å². The number of likely N-dealkylation sites (N-methyl/N-ethyl adjacent to an activating group) is 1. The minimum atomic E-state index is -0.332. The molecule has 0 unspecified atom stereocenters. The van der Waals surface area contributed by atoms with E-state index < -0.39 is 0 Å². The summed E-state index contributed by atoms with van der Waals surface area (Å²) in [5.41, 5.74) is 7.82. The number of aliphatic hydroxyl groups excluding tert-OH is 2. The summed E-state index contributed by atoms with van der Waals surface area (Å²) in [5, 5.41) is 18.8. The number of nitrogens with zero attached hydrogens (tertiary/aromatic N) is 11. The fourth-order valence-electron chi connectivity index (χ4n) is 14.8. The first kappa shape index (κ1) is 76.4. The number of anilines is 5. The van der Waals surface area contributed by atoms with Crippen LogP contribution >= 0.6 is 12.4 Å². The number of aryl methyl sites for hydroxylation is 1. The van der Waals surface area contributed by atoms with Crippen LogP contribution in [-0.2, 0) is 6.42 Å². The lowest BCUT2D eigenvalue weighted by molar-refractivity contribution is 0.304. The first-order valence-corrected chi connectivity index (χ1v) is 36.5. The third kappa shape index (κ3) is 17.5. The van der Waals surface area contributed by atoms with Crippen molar-refractivity contribution in [2.75, 3.05) is 126 Å². The molecular weight excluding hydrogens is 1310 g/mol. The highest BCUT2D eigenvalue weighted by Gasteiger charge is 2.35. The predicted molar refractivity (Wildman–Crippen MR) is 411 cm³/mol. The number of aromatic nitrogens is 6. The number of unbranched alkanes of at least 4 members (excludes halogenated alkanes) is 1. The summed E-state index contributed by atoms with van der Waals surface area (Å²) in [6.07, 6.45) is 16.7. The van der Waals surface area contributed by atoms with Crippen LogP contribution in [0.1, 0.15) is 193 Å². The molecule has 0 spiro atoms. The fourth-order valence-corrected chi connectivity index (χ4v) is 14.8. The van der Waals surface area contributed by atoms with Gasteiger partial charge >= 0.3 is 0 Å². The van der Waals surface area contributed by atoms with Crippen molar-refractivity contribution >= 4 is 73.9 Å². The van der Waals surface area contributed by atoms with E-state index in [4.69, 9.17) is 34.3 Å². The van der Waals surface area contributed by atoms with Crippen LogP contribution in [0.2, 0.25) is 0 Å². The van der Waals surface area contributed by atoms with Gasteiger partial charge in [-0.05, 0) is 191 Å². The summed E-state index contributed by atoms with van der Waals surface area (Å²) in [6.45, 7) is 10.9. The Hall–Kier alpha value is -8.26. The molecule has 102 heavy (non-hydrogen) atoms. The largest absolute Gasteiger partial charge is 0.496 e. The maximum Gasteiger partial charge on any atom is 0.151 e. The molecule has 3 aromatic heterocycles. The van der Waals surface area contributed by atoms with Gasteiger partial charge in [-0.1, -0.05) is 82.3 Å². The summed E-state index contributed by atoms with van der Waals surface area (Å²) in [5.74, 6) is 9.59. The van der Waals surface area contributed by atoms with Gasteiger partial charge in [-0.2, -0.15) is 0 Å². The van der Waals surface area contributed by atoms with Crippen LogP contribution in [0.25, 0.3) is 32.7 Å². The van der Waals surface area contributed by atoms with E-state index >= 15 is 13.2 Å². The molecule has 6 aliphatic rings. The summed E-state index contributed by atoms with van der Waals surface area (Å²) in [4.78, 5) is 39.9. The molecule has 20 heteroatoms. The lowest BCUT2D eigenvalue weighted by atomic mass is 9.88. The van der Waals surface area contributed by atoms with Crippen LogP contribution < -0.4 is 38.7 Å². The van der Waals surface area contributed by atoms with Crippen LogP contribution in [-0.4, -0.2) is 142 Å². The highest BCUT2D eigenvalue weighted by molar-refractivity contribution is 5.94. The molecule has 546 valence electrons. The van der Waals surface area contributed by atoms with Crippen LogP contribution in [0.15, 0.2) is 109 Å². The second-order valence-corrected chi connectivity index (χ2v) is 27.8. The zero-order valence-electron chi connectivity index (χ0n) is 60.1. The molecule has 2 N–H and O–H groups in total. The molecule has 6 fully saturated rings. The monoisotopic (exact) mass is 1420 g/mol. The van der Waals surface area contributed by atoms with Crippen molar-refractivity contribution in [3.63, 3.8) is 0 Å². The molecule has 0 amide bonds. The SMILES string of the molecule is C.CCCCc1cc(F)c2nc(C3CC3)nc(N3CCC(c4ccccc4OC)CC3)c2c1.CCCN(C)c1cc(F)c2nc(C3CC3)nc(N3CCC(c4ccccc4OC)CC3)c2c1.CO.COc1ccccc1C1CCN(c2nc(C3CC3)nc3c(F)cc(N(C)CCO)cc23)CC1.Cl. The highest BCUT2D eigenvalue weighted by atomic mass is 35.5. The Morgan fingerprint density at radius 2 is 0.755 bits per heavy atom. The second kappa shape index (κ2) is 35.3. The number of ether oxygens (including phenoxy) is 3. The van der Waals surface area contributed by atoms with E-state index in [0.29, 0.717) is 58.6 Å². The van der Waals surface area contributed by atoms with E-state index in [-0.39, 0.29) is 43.9 Å². The van der Waals surface area contributed by atoms with Gasteiger partial charge in [0.1, 0.15) is 74.5 Å². The first-order chi connectivity index (χ1) is 48.8. The maximum atomic E-state index is 15.3. The van der Waals surface area contributed by atoms with Crippen molar-refractivity contribution in [1.82, 2.24) is 29.9 Å². The minimum absolute atomic E-state index is 0. The third-order valence-electron chi connectivity index (χ3n) is 20.9. The number of benzene rings is 6. The summed E-state index contributed by atoms with van der Waals surface area (Å²) in [6, 6.07) is 35.9. The summed E-state index contributed by atoms with van der Waals surface area (Å²) >= 11 is 0. The number of halogens is 4. The van der Waals surface area contributed by atoms with Crippen molar-refractivity contribution < 1.29 is 37.6 Å². The number of hydrogen-bond donors (Lipinski definition) is 2. The zero-order valence-corrected chi connectivity index (χ0v) is 60.9. The number of fused-ring (bicyclic) bond motifs is 3. The Balaban J connectivity index is 0.000000161. The van der Waals surface area contributed by atoms with Crippen molar-refractivity contribution in [2.24, 2.45) is 0 Å². The average Bonchev–Trinajstić information content (AvgIpc) is 1.02. The van der Waals surface area contributed by atoms with Crippen molar-refractivity contribution in [2.45, 2.75) is 160 Å². The number of methoxy groups -OCH3 is 3. The minimum Gasteiger partial charge on any atom is -0.496 e. The molecule has 6 aromatic carbocycles. The number of hydrogen-bond acceptors (Lipinski definition) is 16. The predicted octanol–water partition coefficient (Wildman–Crippen LogP) is 17.4. The van der Waals surface area contributed by atoms with E-state index in [1.807, 2.05) is 61.5 Å². The van der Waals surface area contributed by atoms with Crippen molar-refractivity contribution in [3.8, 4) is 17.2 Å². The van der Waals surface area contributed by atoms with Gasteiger partial charge in [0.25, 0.3) is 0 Å². The normalized spacial score (nSPS) is 16.4. The van der Waals surface area contributed by atoms with Crippen molar-refractivity contribution in [1.29, 1.82) is 0 Å². The maximum absolute atomic E-state index is 15.3. The van der Waals surface area contributed by atoms with Gasteiger partial charge in [-0.25, -0.2) is 43.1 Å². The van der Waals surface area contributed by atoms with E-state index in [1.54, 1.807) is 33.5 Å². The average molecular weight is 1420 g/mol. The number of para-hydroxylation sites is 3. The molecule has 9 aromatic rings. The van der Waals surface area contributed by atoms with E-state index in [1.165, 1.54) is 22.8 Å². The van der Waals surface area contributed by atoms with Gasteiger partial charge < -0.3 is 48.9 Å². The Labute approximate surface area is 607 Å². The quantitative estimate of drug-likeness (QED) is 0.0698. The lowest BCUT2D eigenvalue weighted by Gasteiger charge is -2.34. The molecular formula is C82H105ClF3N11O5. The second-order valence-electron chi connectivity index (χ2n) is 27.8. The number of piperidine rings is 3. The van der Waals surface area contributed by atoms with Crippen LogP contribution in [0.4, 0.5) is 42.0 Å². The van der Waals surface area contributed by atoms with Gasteiger partial charge in [-0.3, -0.25) is 0 Å². The van der Waals surface area contributed by atoms with Crippen LogP contribution in [0.5, 0.6) is 17.2 Å². The highest BCUT2D eigenvalue weighted by Crippen LogP contribution is 2.46. The molecule has 6 heterocycles. The lowest BCUT2D eigenvalue weighted by Crippen LogP contribution is -2.34. The van der Waals surface area contributed by atoms with Crippen LogP contribution in [0, 0.1) is 17.5 Å². The van der Waals surface area contributed by atoms with Gasteiger partial charge in [0, 0.05) is 119 Å². The molecule has 0 bridgehead atoms. The Kier molecular flexibility index (Phi) is 26.4. The van der Waals surface area contributed by atoms with Gasteiger partial charge in [0.15, 0.2) is 11.6 Å². The standard InChI is InChI=1S/C27H33FN4O.C27H32FN3O.C26H31FN4O2.CH4O.CH4.ClH/c1-4-13-31(2)20-16-22-25(23(28)17-20)29-26(19-9-10-19)30-27(22)32-14-11-18(12-15-32)21-7-5-6-8-24(21)33-3;1-3-4-7-18-16-22-25(23(28)17-18)29-26(20-10-11-20)30-27(22)31-14-12-19(13-15-31)21-8-5-6-9-24(21)32-2;1-30(13-14-32)19-15-21-24(22(27)16-19)28-25(18-7-8-18)29-26(21)31-11-9-17(10-12-31)20-5-3-4-6-23(20)33-2;1-2;;/h5-8,16-19H,4,9-15H2,1-3H3;5-6,8-9,16-17,19-20H,3-4,7,10-15H2,1-2H3;3-6,15-18,32H,7-14H2,1-2H3;2H,1H3;1H4;1H. The van der Waals surface area contributed by atoms with E-state index in [9.17, 15) is 5.11 Å². The molecule has 0 atom stereocenters.